The molecule has 2 rings (SSSR count). The number of aryl methyl sites for hydroxylation is 1. The minimum absolute atomic E-state index is 0.00571. The first-order valence-corrected chi connectivity index (χ1v) is 6.97. The molecule has 2 aromatic rings. The van der Waals surface area contributed by atoms with Crippen molar-refractivity contribution in [1.82, 2.24) is 0 Å². The van der Waals surface area contributed by atoms with Gasteiger partial charge in [0.1, 0.15) is 5.69 Å². The average molecular weight is 331 g/mol. The molecule has 0 unspecified atom stereocenters. The predicted octanol–water partition coefficient (Wildman–Crippen LogP) is 4.34. The van der Waals surface area contributed by atoms with Gasteiger partial charge in [0.05, 0.1) is 31.9 Å². The third-order valence-corrected chi connectivity index (χ3v) is 3.32. The molecule has 0 fully saturated rings. The number of nitrogens with zero attached hydrogens (tertiary/aromatic N) is 3. The Bertz CT molecular complexity index is 772. The Morgan fingerprint density at radius 2 is 1.58 bits per heavy atom. The minimum atomic E-state index is -0.470. The quantitative estimate of drug-likeness (QED) is 0.445. The van der Waals surface area contributed by atoms with E-state index in [0.29, 0.717) is 28.6 Å². The van der Waals surface area contributed by atoms with Crippen LogP contribution in [0.5, 0.6) is 17.2 Å². The number of benzene rings is 2. The third-order valence-electron chi connectivity index (χ3n) is 3.32. The van der Waals surface area contributed by atoms with E-state index in [4.69, 9.17) is 14.2 Å². The summed E-state index contributed by atoms with van der Waals surface area (Å²) in [5.74, 6) is 1.35. The highest BCUT2D eigenvalue weighted by Gasteiger charge is 2.18. The molecule has 0 aromatic heterocycles. The van der Waals surface area contributed by atoms with Gasteiger partial charge in [-0.25, -0.2) is 0 Å². The van der Waals surface area contributed by atoms with Gasteiger partial charge in [-0.3, -0.25) is 10.1 Å². The number of nitro groups is 1. The molecule has 2 aromatic carbocycles. The summed E-state index contributed by atoms with van der Waals surface area (Å²) < 4.78 is 16.0. The zero-order chi connectivity index (χ0) is 17.7. The number of rotatable bonds is 6. The first-order chi connectivity index (χ1) is 11.5. The smallest absolute Gasteiger partial charge is 0.269 e. The van der Waals surface area contributed by atoms with Gasteiger partial charge < -0.3 is 14.2 Å². The van der Waals surface area contributed by atoms with Gasteiger partial charge in [0, 0.05) is 12.1 Å². The topological polar surface area (TPSA) is 95.6 Å². The average Bonchev–Trinajstić information content (AvgIpc) is 2.59. The zero-order valence-corrected chi connectivity index (χ0v) is 13.8. The second kappa shape index (κ2) is 7.40. The summed E-state index contributed by atoms with van der Waals surface area (Å²) in [6.07, 6.45) is 0. The van der Waals surface area contributed by atoms with Crippen LogP contribution in [0.1, 0.15) is 5.56 Å². The molecule has 24 heavy (non-hydrogen) atoms. The molecule has 8 nitrogen and oxygen atoms in total. The van der Waals surface area contributed by atoms with Crippen LogP contribution in [0.15, 0.2) is 40.6 Å². The normalized spacial score (nSPS) is 10.7. The molecule has 0 bridgehead atoms. The third kappa shape index (κ3) is 3.43. The fraction of sp³-hybridized carbons (Fsp3) is 0.250. The molecular formula is C16H17N3O5. The fourth-order valence-corrected chi connectivity index (χ4v) is 2.14. The largest absolute Gasteiger partial charge is 0.493 e. The van der Waals surface area contributed by atoms with E-state index in [2.05, 4.69) is 10.2 Å². The van der Waals surface area contributed by atoms with Crippen molar-refractivity contribution in [3.8, 4) is 17.2 Å². The molecule has 0 N–H and O–H groups in total. The van der Waals surface area contributed by atoms with Gasteiger partial charge in [-0.05, 0) is 30.7 Å². The number of non-ortho nitro benzene ring substituents is 1. The van der Waals surface area contributed by atoms with E-state index in [1.165, 1.54) is 45.6 Å². The predicted molar refractivity (Wildman–Crippen MR) is 88.1 cm³/mol. The molecule has 0 saturated carbocycles. The van der Waals surface area contributed by atoms with Gasteiger partial charge in [0.25, 0.3) is 5.69 Å². The fourth-order valence-electron chi connectivity index (χ4n) is 2.14. The maximum Gasteiger partial charge on any atom is 0.269 e. The summed E-state index contributed by atoms with van der Waals surface area (Å²) >= 11 is 0. The molecular weight excluding hydrogens is 314 g/mol. The van der Waals surface area contributed by atoms with Gasteiger partial charge in [-0.2, -0.15) is 5.11 Å². The summed E-state index contributed by atoms with van der Waals surface area (Å²) in [5.41, 5.74) is 1.76. The molecule has 0 aliphatic rings. The van der Waals surface area contributed by atoms with E-state index in [0.717, 1.165) is 5.56 Å². The molecule has 0 radical (unpaired) electrons. The van der Waals surface area contributed by atoms with Crippen molar-refractivity contribution in [2.45, 2.75) is 6.92 Å². The number of nitro benzene ring substituents is 1. The molecule has 126 valence electrons. The summed E-state index contributed by atoms with van der Waals surface area (Å²) in [4.78, 5) is 10.2. The van der Waals surface area contributed by atoms with Crippen LogP contribution < -0.4 is 14.2 Å². The number of azo groups is 1. The lowest BCUT2D eigenvalue weighted by Crippen LogP contribution is -1.96. The van der Waals surface area contributed by atoms with Crippen LogP contribution in [0.3, 0.4) is 0 Å². The van der Waals surface area contributed by atoms with E-state index in [1.807, 2.05) is 6.92 Å². The van der Waals surface area contributed by atoms with Gasteiger partial charge in [-0.1, -0.05) is 0 Å². The van der Waals surface area contributed by atoms with Crippen molar-refractivity contribution in [2.75, 3.05) is 21.3 Å². The maximum atomic E-state index is 10.7. The molecule has 0 heterocycles. The van der Waals surface area contributed by atoms with Gasteiger partial charge in [0.15, 0.2) is 11.5 Å². The molecule has 0 amide bonds. The molecule has 0 atom stereocenters. The molecule has 8 heteroatoms. The second-order valence-electron chi connectivity index (χ2n) is 4.78. The first kappa shape index (κ1) is 17.2. The van der Waals surface area contributed by atoms with Crippen molar-refractivity contribution < 1.29 is 19.1 Å². The number of ether oxygens (including phenoxy) is 3. The van der Waals surface area contributed by atoms with Crippen molar-refractivity contribution >= 4 is 17.1 Å². The van der Waals surface area contributed by atoms with Crippen LogP contribution >= 0.6 is 0 Å². The van der Waals surface area contributed by atoms with E-state index in [9.17, 15) is 10.1 Å². The molecule has 0 saturated heterocycles. The Labute approximate surface area is 138 Å². The Morgan fingerprint density at radius 3 is 2.08 bits per heavy atom. The monoisotopic (exact) mass is 331 g/mol. The lowest BCUT2D eigenvalue weighted by atomic mass is 10.1. The van der Waals surface area contributed by atoms with Crippen LogP contribution in [0, 0.1) is 17.0 Å². The highest BCUT2D eigenvalue weighted by molar-refractivity contribution is 5.69. The van der Waals surface area contributed by atoms with Gasteiger partial charge >= 0.3 is 0 Å². The number of hydrogen-bond acceptors (Lipinski definition) is 7. The Hall–Kier alpha value is -3.16. The van der Waals surface area contributed by atoms with Gasteiger partial charge in [-0.15, -0.1) is 5.11 Å². The van der Waals surface area contributed by atoms with Crippen LogP contribution in [0.2, 0.25) is 0 Å². The Morgan fingerprint density at radius 1 is 0.958 bits per heavy atom. The SMILES string of the molecule is COc1cc(C)c(N=Nc2ccc([N+](=O)[O-])cc2)c(OC)c1OC. The lowest BCUT2D eigenvalue weighted by Gasteiger charge is -2.15. The van der Waals surface area contributed by atoms with Crippen LogP contribution in [-0.4, -0.2) is 26.3 Å². The Kier molecular flexibility index (Phi) is 5.31. The summed E-state index contributed by atoms with van der Waals surface area (Å²) in [7, 11) is 4.55. The summed E-state index contributed by atoms with van der Waals surface area (Å²) in [6, 6.07) is 7.54. The summed E-state index contributed by atoms with van der Waals surface area (Å²) in [6.45, 7) is 1.84. The van der Waals surface area contributed by atoms with Crippen LogP contribution in [0.25, 0.3) is 0 Å². The Balaban J connectivity index is 2.43. The standard InChI is InChI=1S/C16H17N3O5/c1-10-9-13(22-2)15(23-3)16(24-4)14(10)18-17-11-5-7-12(8-6-11)19(20)21/h5-9H,1-4H3. The number of methoxy groups -OCH3 is 3. The lowest BCUT2D eigenvalue weighted by molar-refractivity contribution is -0.384. The molecule has 0 aliphatic heterocycles. The maximum absolute atomic E-state index is 10.7. The first-order valence-electron chi connectivity index (χ1n) is 6.97. The van der Waals surface area contributed by atoms with E-state index in [1.54, 1.807) is 6.07 Å². The van der Waals surface area contributed by atoms with Gasteiger partial charge in [0.2, 0.25) is 5.75 Å². The second-order valence-corrected chi connectivity index (χ2v) is 4.78. The summed E-state index contributed by atoms with van der Waals surface area (Å²) in [5, 5.41) is 19.0. The highest BCUT2D eigenvalue weighted by atomic mass is 16.6. The van der Waals surface area contributed by atoms with Crippen LogP contribution in [0.4, 0.5) is 17.1 Å². The van der Waals surface area contributed by atoms with Crippen LogP contribution in [-0.2, 0) is 0 Å². The van der Waals surface area contributed by atoms with Crippen molar-refractivity contribution in [1.29, 1.82) is 0 Å². The van der Waals surface area contributed by atoms with E-state index in [-0.39, 0.29) is 5.69 Å². The van der Waals surface area contributed by atoms with E-state index >= 15 is 0 Å². The van der Waals surface area contributed by atoms with E-state index < -0.39 is 4.92 Å². The van der Waals surface area contributed by atoms with Crippen molar-refractivity contribution in [3.05, 3.63) is 46.0 Å². The minimum Gasteiger partial charge on any atom is -0.493 e. The highest BCUT2D eigenvalue weighted by Crippen LogP contribution is 2.46. The molecule has 0 spiro atoms. The number of hydrogen-bond donors (Lipinski definition) is 0. The zero-order valence-electron chi connectivity index (χ0n) is 13.8. The van der Waals surface area contributed by atoms with Crippen molar-refractivity contribution in [3.63, 3.8) is 0 Å². The molecule has 0 aliphatic carbocycles. The van der Waals surface area contributed by atoms with Crippen molar-refractivity contribution in [2.24, 2.45) is 10.2 Å².